The summed E-state index contributed by atoms with van der Waals surface area (Å²) in [6.07, 6.45) is 0. The normalized spacial score (nSPS) is 14.5. The number of hydrogen-bond donors (Lipinski definition) is 2. The van der Waals surface area contributed by atoms with Crippen molar-refractivity contribution in [3.63, 3.8) is 0 Å². The molecule has 0 aliphatic carbocycles. The van der Waals surface area contributed by atoms with Gasteiger partial charge in [-0.2, -0.15) is 0 Å². The maximum Gasteiger partial charge on any atom is 0.0701 e. The van der Waals surface area contributed by atoms with Crippen LogP contribution < -0.4 is 5.73 Å². The Balaban J connectivity index is 2.84. The molecule has 1 aromatic rings. The summed E-state index contributed by atoms with van der Waals surface area (Å²) >= 11 is 5.01. The van der Waals surface area contributed by atoms with Gasteiger partial charge in [-0.1, -0.05) is 13.8 Å². The lowest BCUT2D eigenvalue weighted by atomic mass is 9.85. The highest BCUT2D eigenvalue weighted by molar-refractivity contribution is 9.11. The molecule has 0 radical (unpaired) electrons. The molecule has 3 N–H and O–H groups in total. The van der Waals surface area contributed by atoms with E-state index < -0.39 is 0 Å². The van der Waals surface area contributed by atoms with Crippen molar-refractivity contribution in [2.75, 3.05) is 6.61 Å². The molecule has 0 saturated heterocycles. The van der Waals surface area contributed by atoms with Gasteiger partial charge in [-0.25, -0.2) is 0 Å². The Morgan fingerprint density at radius 3 is 2.62 bits per heavy atom. The first-order valence-corrected chi connectivity index (χ1v) is 5.70. The quantitative estimate of drug-likeness (QED) is 0.881. The summed E-state index contributed by atoms with van der Waals surface area (Å²) in [5, 5.41) is 9.15. The predicted octanol–water partition coefficient (Wildman–Crippen LogP) is 2.53. The minimum Gasteiger partial charge on any atom is -0.396 e. The fourth-order valence-corrected chi connectivity index (χ4v) is 2.62. The van der Waals surface area contributed by atoms with Crippen molar-refractivity contribution in [1.82, 2.24) is 0 Å². The van der Waals surface area contributed by atoms with Crippen LogP contribution in [0.5, 0.6) is 0 Å². The maximum absolute atomic E-state index is 9.15. The first kappa shape index (κ1) is 11.2. The van der Waals surface area contributed by atoms with Crippen LogP contribution in [0.2, 0.25) is 0 Å². The Morgan fingerprint density at radius 2 is 2.23 bits per heavy atom. The number of rotatable bonds is 3. The number of nitrogens with two attached hydrogens (primary N) is 1. The van der Waals surface area contributed by atoms with E-state index in [0.717, 1.165) is 8.66 Å². The molecule has 0 amide bonds. The van der Waals surface area contributed by atoms with E-state index in [1.54, 1.807) is 11.3 Å². The highest BCUT2D eigenvalue weighted by atomic mass is 79.9. The average molecular weight is 264 g/mol. The van der Waals surface area contributed by atoms with Gasteiger partial charge in [0.1, 0.15) is 0 Å². The second-order valence-corrected chi connectivity index (χ2v) is 6.26. The van der Waals surface area contributed by atoms with Crippen molar-refractivity contribution in [1.29, 1.82) is 0 Å². The van der Waals surface area contributed by atoms with E-state index in [9.17, 15) is 0 Å². The van der Waals surface area contributed by atoms with Gasteiger partial charge >= 0.3 is 0 Å². The molecule has 0 unspecified atom stereocenters. The molecule has 13 heavy (non-hydrogen) atoms. The van der Waals surface area contributed by atoms with Gasteiger partial charge in [-0.05, 0) is 28.1 Å². The summed E-state index contributed by atoms with van der Waals surface area (Å²) in [5.74, 6) is 0. The van der Waals surface area contributed by atoms with E-state index in [1.165, 1.54) is 0 Å². The van der Waals surface area contributed by atoms with Crippen LogP contribution in [0.15, 0.2) is 15.9 Å². The van der Waals surface area contributed by atoms with Crippen molar-refractivity contribution in [2.24, 2.45) is 11.1 Å². The van der Waals surface area contributed by atoms with Crippen molar-refractivity contribution >= 4 is 27.3 Å². The molecule has 1 aromatic heterocycles. The summed E-state index contributed by atoms with van der Waals surface area (Å²) in [4.78, 5) is 1.10. The van der Waals surface area contributed by atoms with Crippen molar-refractivity contribution < 1.29 is 5.11 Å². The molecule has 0 saturated carbocycles. The van der Waals surface area contributed by atoms with Gasteiger partial charge in [0.2, 0.25) is 0 Å². The van der Waals surface area contributed by atoms with Gasteiger partial charge in [0.15, 0.2) is 0 Å². The molecule has 1 atom stereocenters. The molecule has 0 fully saturated rings. The molecular formula is C9H14BrNOS. The fraction of sp³-hybridized carbons (Fsp3) is 0.556. The minimum atomic E-state index is -0.260. The number of thiophene rings is 1. The zero-order valence-electron chi connectivity index (χ0n) is 7.75. The van der Waals surface area contributed by atoms with Gasteiger partial charge in [0, 0.05) is 16.3 Å². The van der Waals surface area contributed by atoms with Crippen LogP contribution in [0.3, 0.4) is 0 Å². The van der Waals surface area contributed by atoms with Crippen LogP contribution in [0.25, 0.3) is 0 Å². The maximum atomic E-state index is 9.15. The first-order chi connectivity index (χ1) is 5.97. The Kier molecular flexibility index (Phi) is 3.51. The highest BCUT2D eigenvalue weighted by Gasteiger charge is 2.27. The van der Waals surface area contributed by atoms with Crippen LogP contribution >= 0.6 is 27.3 Å². The van der Waals surface area contributed by atoms with Crippen LogP contribution in [-0.2, 0) is 0 Å². The zero-order valence-corrected chi connectivity index (χ0v) is 10.2. The van der Waals surface area contributed by atoms with E-state index >= 15 is 0 Å². The summed E-state index contributed by atoms with van der Waals surface area (Å²) in [7, 11) is 0. The van der Waals surface area contributed by atoms with Crippen molar-refractivity contribution in [3.8, 4) is 0 Å². The van der Waals surface area contributed by atoms with Crippen molar-refractivity contribution in [2.45, 2.75) is 19.9 Å². The monoisotopic (exact) mass is 263 g/mol. The Hall–Kier alpha value is 0.1000. The smallest absolute Gasteiger partial charge is 0.0701 e. The SMILES string of the molecule is CC(C)(CO)[C@H](N)c1ccc(Br)s1. The highest BCUT2D eigenvalue weighted by Crippen LogP contribution is 2.35. The Morgan fingerprint density at radius 1 is 1.62 bits per heavy atom. The lowest BCUT2D eigenvalue weighted by Gasteiger charge is -2.28. The summed E-state index contributed by atoms with van der Waals surface area (Å²) in [5.41, 5.74) is 5.77. The van der Waals surface area contributed by atoms with Crippen LogP contribution in [-0.4, -0.2) is 11.7 Å². The molecular weight excluding hydrogens is 250 g/mol. The first-order valence-electron chi connectivity index (χ1n) is 4.09. The second kappa shape index (κ2) is 4.09. The number of halogens is 1. The topological polar surface area (TPSA) is 46.2 Å². The van der Waals surface area contributed by atoms with Crippen LogP contribution in [0, 0.1) is 5.41 Å². The Labute approximate surface area is 90.9 Å². The van der Waals surface area contributed by atoms with E-state index in [1.807, 2.05) is 26.0 Å². The van der Waals surface area contributed by atoms with E-state index in [2.05, 4.69) is 15.9 Å². The summed E-state index contributed by atoms with van der Waals surface area (Å²) in [6, 6.07) is 3.87. The number of aliphatic hydroxyl groups is 1. The Bertz CT molecular complexity index is 285. The predicted molar refractivity (Wildman–Crippen MR) is 59.8 cm³/mol. The van der Waals surface area contributed by atoms with Crippen LogP contribution in [0.4, 0.5) is 0 Å². The third-order valence-corrected chi connectivity index (χ3v) is 3.86. The molecule has 4 heteroatoms. The molecule has 0 aliphatic heterocycles. The minimum absolute atomic E-state index is 0.101. The van der Waals surface area contributed by atoms with Gasteiger partial charge in [0.05, 0.1) is 10.4 Å². The molecule has 1 rings (SSSR count). The fourth-order valence-electron chi connectivity index (χ4n) is 0.979. The molecule has 0 aliphatic rings. The third kappa shape index (κ3) is 2.53. The van der Waals surface area contributed by atoms with E-state index in [0.29, 0.717) is 0 Å². The van der Waals surface area contributed by atoms with Crippen LogP contribution in [0.1, 0.15) is 24.8 Å². The van der Waals surface area contributed by atoms with E-state index in [4.69, 9.17) is 10.8 Å². The molecule has 74 valence electrons. The summed E-state index contributed by atoms with van der Waals surface area (Å²) < 4.78 is 1.08. The molecule has 2 nitrogen and oxygen atoms in total. The third-order valence-electron chi connectivity index (χ3n) is 2.15. The number of aliphatic hydroxyl groups excluding tert-OH is 1. The van der Waals surface area contributed by atoms with Gasteiger partial charge in [-0.15, -0.1) is 11.3 Å². The average Bonchev–Trinajstić information content (AvgIpc) is 2.50. The molecule has 0 spiro atoms. The number of hydrogen-bond acceptors (Lipinski definition) is 3. The largest absolute Gasteiger partial charge is 0.396 e. The zero-order chi connectivity index (χ0) is 10.1. The van der Waals surface area contributed by atoms with E-state index in [-0.39, 0.29) is 18.1 Å². The standard InChI is InChI=1S/C9H14BrNOS/c1-9(2,5-12)8(11)6-3-4-7(10)13-6/h3-4,8,12H,5,11H2,1-2H3/t8-/m1/s1. The molecule has 0 bridgehead atoms. The second-order valence-electron chi connectivity index (χ2n) is 3.77. The lowest BCUT2D eigenvalue weighted by molar-refractivity contribution is 0.133. The van der Waals surface area contributed by atoms with Gasteiger partial charge in [-0.3, -0.25) is 0 Å². The molecule has 0 aromatic carbocycles. The van der Waals surface area contributed by atoms with Crippen molar-refractivity contribution in [3.05, 3.63) is 20.8 Å². The van der Waals surface area contributed by atoms with Gasteiger partial charge < -0.3 is 10.8 Å². The summed E-state index contributed by atoms with van der Waals surface area (Å²) in [6.45, 7) is 4.03. The van der Waals surface area contributed by atoms with Gasteiger partial charge in [0.25, 0.3) is 0 Å². The molecule has 1 heterocycles. The lowest BCUT2D eigenvalue weighted by Crippen LogP contribution is -2.31.